The molecule has 2 aromatic rings. The first-order chi connectivity index (χ1) is 10.1. The molecule has 0 saturated heterocycles. The molecule has 0 amide bonds. The van der Waals surface area contributed by atoms with E-state index in [2.05, 4.69) is 0 Å². The van der Waals surface area contributed by atoms with Crippen LogP contribution in [-0.2, 0) is 6.18 Å². The molecule has 22 heavy (non-hydrogen) atoms. The van der Waals surface area contributed by atoms with Gasteiger partial charge in [0.15, 0.2) is 5.75 Å². The van der Waals surface area contributed by atoms with Gasteiger partial charge in [-0.25, -0.2) is 9.36 Å². The molecule has 10 heteroatoms. The number of benzene rings is 1. The predicted octanol–water partition coefficient (Wildman–Crippen LogP) is 2.86. The van der Waals surface area contributed by atoms with Gasteiger partial charge in [0.1, 0.15) is 5.69 Å². The van der Waals surface area contributed by atoms with Crippen molar-refractivity contribution in [2.24, 2.45) is 0 Å². The van der Waals surface area contributed by atoms with Crippen molar-refractivity contribution in [2.75, 3.05) is 7.11 Å². The van der Waals surface area contributed by atoms with Crippen LogP contribution in [0.15, 0.2) is 27.8 Å². The van der Waals surface area contributed by atoms with Gasteiger partial charge in [-0.3, -0.25) is 4.79 Å². The summed E-state index contributed by atoms with van der Waals surface area (Å²) in [7, 11) is 1.31. The zero-order chi connectivity index (χ0) is 16.7. The van der Waals surface area contributed by atoms with Crippen molar-refractivity contribution in [3.05, 3.63) is 54.8 Å². The third-order valence-corrected chi connectivity index (χ3v) is 3.25. The van der Waals surface area contributed by atoms with Crippen molar-refractivity contribution in [1.82, 2.24) is 9.55 Å². The molecule has 0 unspecified atom stereocenters. The molecule has 1 aromatic heterocycles. The van der Waals surface area contributed by atoms with E-state index >= 15 is 0 Å². The molecule has 0 aliphatic carbocycles. The van der Waals surface area contributed by atoms with E-state index in [0.717, 1.165) is 0 Å². The van der Waals surface area contributed by atoms with Crippen LogP contribution >= 0.6 is 23.2 Å². The third-order valence-electron chi connectivity index (χ3n) is 2.68. The fraction of sp³-hybridized carbons (Fsp3) is 0.167. The van der Waals surface area contributed by atoms with Gasteiger partial charge in [-0.1, -0.05) is 23.2 Å². The minimum atomic E-state index is -4.84. The number of methoxy groups -OCH3 is 1. The molecule has 0 spiro atoms. The summed E-state index contributed by atoms with van der Waals surface area (Å²) in [6.07, 6.45) is -4.84. The second kappa shape index (κ2) is 5.69. The number of alkyl halides is 3. The number of nitrogens with zero attached hydrogens (tertiary/aromatic N) is 1. The smallest absolute Gasteiger partial charge is 0.431 e. The Morgan fingerprint density at radius 3 is 2.09 bits per heavy atom. The Kier molecular flexibility index (Phi) is 4.25. The molecule has 2 rings (SSSR count). The lowest BCUT2D eigenvalue weighted by Crippen LogP contribution is -2.35. The van der Waals surface area contributed by atoms with Crippen molar-refractivity contribution < 1.29 is 17.9 Å². The fourth-order valence-electron chi connectivity index (χ4n) is 1.76. The SMILES string of the molecule is COc1c(Cl)cc(-n2c(=O)cc(C(F)(F)F)[nH]c2=O)cc1Cl. The molecule has 0 saturated carbocycles. The highest BCUT2D eigenvalue weighted by molar-refractivity contribution is 6.37. The molecule has 1 aromatic carbocycles. The number of aromatic amines is 1. The molecule has 1 heterocycles. The number of ether oxygens (including phenoxy) is 1. The Bertz CT molecular complexity index is 788. The highest BCUT2D eigenvalue weighted by Crippen LogP contribution is 2.34. The van der Waals surface area contributed by atoms with Gasteiger partial charge >= 0.3 is 11.9 Å². The number of hydrogen-bond donors (Lipinski definition) is 1. The van der Waals surface area contributed by atoms with Crippen LogP contribution in [0.2, 0.25) is 10.0 Å². The molecule has 0 atom stereocenters. The lowest BCUT2D eigenvalue weighted by Gasteiger charge is -2.11. The quantitative estimate of drug-likeness (QED) is 0.901. The van der Waals surface area contributed by atoms with Crippen LogP contribution in [0.5, 0.6) is 5.75 Å². The molecule has 0 aliphatic rings. The van der Waals surface area contributed by atoms with Gasteiger partial charge < -0.3 is 9.72 Å². The minimum absolute atomic E-state index is 0.00352. The second-order valence-corrected chi connectivity index (χ2v) is 4.92. The standard InChI is InChI=1S/C12H7Cl2F3N2O3/c1-22-10-6(13)2-5(3-7(10)14)19-9(20)4-8(12(15,16)17)18-11(19)21/h2-4H,1H3,(H,18,21). The molecule has 0 aliphatic heterocycles. The van der Waals surface area contributed by atoms with E-state index in [-0.39, 0.29) is 27.5 Å². The summed E-state index contributed by atoms with van der Waals surface area (Å²) in [6.45, 7) is 0. The first kappa shape index (κ1) is 16.4. The van der Waals surface area contributed by atoms with Crippen LogP contribution in [0.1, 0.15) is 5.69 Å². The maximum absolute atomic E-state index is 12.5. The minimum Gasteiger partial charge on any atom is -0.494 e. The maximum Gasteiger partial charge on any atom is 0.431 e. The van der Waals surface area contributed by atoms with E-state index in [9.17, 15) is 22.8 Å². The van der Waals surface area contributed by atoms with Gasteiger partial charge in [0.05, 0.1) is 22.8 Å². The lowest BCUT2D eigenvalue weighted by atomic mass is 10.3. The van der Waals surface area contributed by atoms with Crippen LogP contribution in [0, 0.1) is 0 Å². The van der Waals surface area contributed by atoms with Crippen molar-refractivity contribution in [2.45, 2.75) is 6.18 Å². The average Bonchev–Trinajstić information content (AvgIpc) is 2.36. The highest BCUT2D eigenvalue weighted by atomic mass is 35.5. The number of halogens is 5. The molecule has 5 nitrogen and oxygen atoms in total. The van der Waals surface area contributed by atoms with Gasteiger partial charge in [-0.2, -0.15) is 13.2 Å². The summed E-state index contributed by atoms with van der Waals surface area (Å²) >= 11 is 11.8. The molecule has 0 bridgehead atoms. The van der Waals surface area contributed by atoms with E-state index in [1.165, 1.54) is 19.2 Å². The molecular formula is C12H7Cl2F3N2O3. The van der Waals surface area contributed by atoms with E-state index in [1.807, 2.05) is 0 Å². The van der Waals surface area contributed by atoms with Crippen LogP contribution in [0.3, 0.4) is 0 Å². The Hall–Kier alpha value is -1.93. The fourth-order valence-corrected chi connectivity index (χ4v) is 2.39. The average molecular weight is 355 g/mol. The monoisotopic (exact) mass is 354 g/mol. The summed E-state index contributed by atoms with van der Waals surface area (Å²) in [4.78, 5) is 25.2. The van der Waals surface area contributed by atoms with E-state index in [4.69, 9.17) is 27.9 Å². The second-order valence-electron chi connectivity index (χ2n) is 4.10. The van der Waals surface area contributed by atoms with E-state index < -0.39 is 23.1 Å². The van der Waals surface area contributed by atoms with Gasteiger partial charge in [-0.15, -0.1) is 0 Å². The number of nitrogens with one attached hydrogen (secondary N) is 1. The first-order valence-electron chi connectivity index (χ1n) is 5.62. The predicted molar refractivity (Wildman–Crippen MR) is 74.2 cm³/mol. The number of H-pyrrole nitrogens is 1. The summed E-state index contributed by atoms with van der Waals surface area (Å²) in [5.41, 5.74) is -3.97. The lowest BCUT2D eigenvalue weighted by molar-refractivity contribution is -0.141. The molecule has 118 valence electrons. The van der Waals surface area contributed by atoms with Crippen molar-refractivity contribution in [3.8, 4) is 11.4 Å². The summed E-state index contributed by atoms with van der Waals surface area (Å²) in [6, 6.07) is 2.62. The topological polar surface area (TPSA) is 64.1 Å². The largest absolute Gasteiger partial charge is 0.494 e. The number of hydrogen-bond acceptors (Lipinski definition) is 3. The Morgan fingerprint density at radius 2 is 1.68 bits per heavy atom. The van der Waals surface area contributed by atoms with Crippen LogP contribution in [0.4, 0.5) is 13.2 Å². The zero-order valence-corrected chi connectivity index (χ0v) is 12.3. The van der Waals surface area contributed by atoms with Crippen molar-refractivity contribution in [3.63, 3.8) is 0 Å². The number of rotatable bonds is 2. The Balaban J connectivity index is 2.70. The maximum atomic E-state index is 12.5. The number of aromatic nitrogens is 2. The summed E-state index contributed by atoms with van der Waals surface area (Å²) in [5, 5.41) is -0.00704. The van der Waals surface area contributed by atoms with Gasteiger partial charge in [0.25, 0.3) is 5.56 Å². The Morgan fingerprint density at radius 1 is 1.14 bits per heavy atom. The van der Waals surface area contributed by atoms with Crippen LogP contribution in [0.25, 0.3) is 5.69 Å². The molecule has 0 radical (unpaired) electrons. The highest BCUT2D eigenvalue weighted by Gasteiger charge is 2.33. The van der Waals surface area contributed by atoms with E-state index in [0.29, 0.717) is 4.57 Å². The van der Waals surface area contributed by atoms with Crippen molar-refractivity contribution in [1.29, 1.82) is 0 Å². The first-order valence-corrected chi connectivity index (χ1v) is 6.37. The molecule has 0 fully saturated rings. The summed E-state index contributed by atoms with van der Waals surface area (Å²) in [5.74, 6) is 0.114. The molecular weight excluding hydrogens is 348 g/mol. The third kappa shape index (κ3) is 2.97. The zero-order valence-electron chi connectivity index (χ0n) is 10.8. The van der Waals surface area contributed by atoms with E-state index in [1.54, 1.807) is 4.98 Å². The normalized spacial score (nSPS) is 11.5. The van der Waals surface area contributed by atoms with Crippen LogP contribution < -0.4 is 16.0 Å². The Labute approximate surface area is 130 Å². The van der Waals surface area contributed by atoms with Gasteiger partial charge in [0, 0.05) is 6.07 Å². The van der Waals surface area contributed by atoms with Gasteiger partial charge in [0.2, 0.25) is 0 Å². The summed E-state index contributed by atoms with van der Waals surface area (Å²) < 4.78 is 43.0. The van der Waals surface area contributed by atoms with Crippen LogP contribution in [-0.4, -0.2) is 16.7 Å². The van der Waals surface area contributed by atoms with Crippen molar-refractivity contribution >= 4 is 23.2 Å². The van der Waals surface area contributed by atoms with Gasteiger partial charge in [-0.05, 0) is 12.1 Å². The molecule has 1 N–H and O–H groups in total.